The van der Waals surface area contributed by atoms with Crippen LogP contribution in [-0.2, 0) is 4.74 Å². The van der Waals surface area contributed by atoms with E-state index in [9.17, 15) is 0 Å². The Hall–Kier alpha value is -0.320. The smallest absolute Gasteiger partial charge is 0.185 e. The monoisotopic (exact) mass is 232 g/mol. The molecule has 78 valence electrons. The van der Waals surface area contributed by atoms with Crippen molar-refractivity contribution in [3.8, 4) is 0 Å². The lowest BCUT2D eigenvalue weighted by Crippen LogP contribution is -2.29. The average molecular weight is 233 g/mol. The molecule has 1 aromatic rings. The molecule has 1 aliphatic carbocycles. The average Bonchev–Trinajstić information content (AvgIpc) is 2.76. The zero-order valence-electron chi connectivity index (χ0n) is 8.00. The highest BCUT2D eigenvalue weighted by molar-refractivity contribution is 7.14. The molecule has 2 atom stereocenters. The van der Waals surface area contributed by atoms with Crippen LogP contribution < -0.4 is 5.32 Å². The summed E-state index contributed by atoms with van der Waals surface area (Å²) in [4.78, 5) is 4.16. The van der Waals surface area contributed by atoms with Crippen molar-refractivity contribution in [1.29, 1.82) is 0 Å². The molecule has 5 heteroatoms. The molecule has 0 unspecified atom stereocenters. The van der Waals surface area contributed by atoms with Crippen LogP contribution in [0.3, 0.4) is 0 Å². The number of anilines is 1. The van der Waals surface area contributed by atoms with Gasteiger partial charge >= 0.3 is 0 Å². The van der Waals surface area contributed by atoms with E-state index in [2.05, 4.69) is 10.3 Å². The summed E-state index contributed by atoms with van der Waals surface area (Å²) in [6, 6.07) is 0.387. The van der Waals surface area contributed by atoms with E-state index in [1.54, 1.807) is 7.11 Å². The zero-order valence-corrected chi connectivity index (χ0v) is 9.57. The number of halogens is 1. The summed E-state index contributed by atoms with van der Waals surface area (Å²) in [5.74, 6) is 0.869. The second-order valence-electron chi connectivity index (χ2n) is 3.44. The van der Waals surface area contributed by atoms with Gasteiger partial charge in [0, 0.05) is 12.5 Å². The molecule has 1 aliphatic rings. The van der Waals surface area contributed by atoms with Crippen LogP contribution in [0.15, 0.2) is 5.38 Å². The van der Waals surface area contributed by atoms with E-state index in [0.717, 1.165) is 18.7 Å². The van der Waals surface area contributed by atoms with Crippen LogP contribution in [-0.4, -0.2) is 24.2 Å². The van der Waals surface area contributed by atoms with Crippen LogP contribution in [0.5, 0.6) is 0 Å². The minimum Gasteiger partial charge on any atom is -0.379 e. The van der Waals surface area contributed by atoms with E-state index >= 15 is 0 Å². The number of ether oxygens (including phenoxy) is 1. The number of rotatable bonds is 3. The van der Waals surface area contributed by atoms with Gasteiger partial charge in [0.25, 0.3) is 0 Å². The predicted molar refractivity (Wildman–Crippen MR) is 59.2 cm³/mol. The van der Waals surface area contributed by atoms with Gasteiger partial charge in [-0.3, -0.25) is 0 Å². The Balaban J connectivity index is 1.96. The van der Waals surface area contributed by atoms with Gasteiger partial charge in [-0.05, 0) is 19.3 Å². The van der Waals surface area contributed by atoms with E-state index in [1.807, 2.05) is 5.38 Å². The molecular formula is C9H13ClN2OS. The van der Waals surface area contributed by atoms with Crippen molar-refractivity contribution >= 4 is 28.8 Å². The third kappa shape index (κ3) is 2.19. The third-order valence-corrected chi connectivity index (χ3v) is 3.54. The van der Waals surface area contributed by atoms with Gasteiger partial charge in [0.05, 0.1) is 12.1 Å². The quantitative estimate of drug-likeness (QED) is 0.870. The first kappa shape index (κ1) is 10.2. The minimum atomic E-state index is 0.315. The fourth-order valence-electron chi connectivity index (χ4n) is 1.88. The molecule has 0 spiro atoms. The maximum absolute atomic E-state index is 5.75. The van der Waals surface area contributed by atoms with Gasteiger partial charge in [0.2, 0.25) is 0 Å². The maximum atomic E-state index is 5.75. The summed E-state index contributed by atoms with van der Waals surface area (Å²) >= 11 is 7.20. The summed E-state index contributed by atoms with van der Waals surface area (Å²) in [6.45, 7) is 0. The Morgan fingerprint density at radius 2 is 2.50 bits per heavy atom. The molecular weight excluding hydrogens is 220 g/mol. The number of methoxy groups -OCH3 is 1. The zero-order chi connectivity index (χ0) is 9.97. The lowest BCUT2D eigenvalue weighted by molar-refractivity contribution is 0.101. The topological polar surface area (TPSA) is 34.1 Å². The van der Waals surface area contributed by atoms with Crippen LogP contribution in [0.25, 0.3) is 0 Å². The fraction of sp³-hybridized carbons (Fsp3) is 0.667. The van der Waals surface area contributed by atoms with Crippen molar-refractivity contribution in [3.05, 3.63) is 9.85 Å². The van der Waals surface area contributed by atoms with E-state index < -0.39 is 0 Å². The Morgan fingerprint density at radius 3 is 3.14 bits per heavy atom. The molecule has 0 aliphatic heterocycles. The van der Waals surface area contributed by atoms with Gasteiger partial charge < -0.3 is 10.1 Å². The Morgan fingerprint density at radius 1 is 1.64 bits per heavy atom. The molecule has 1 saturated carbocycles. The second-order valence-corrected chi connectivity index (χ2v) is 4.88. The van der Waals surface area contributed by atoms with Gasteiger partial charge in [0.1, 0.15) is 5.82 Å². The van der Waals surface area contributed by atoms with Crippen molar-refractivity contribution in [3.63, 3.8) is 0 Å². The minimum absolute atomic E-state index is 0.315. The second kappa shape index (κ2) is 4.47. The Kier molecular flexibility index (Phi) is 3.26. The number of thiazole rings is 1. The molecule has 0 amide bonds. The van der Waals surface area contributed by atoms with E-state index in [4.69, 9.17) is 16.3 Å². The molecule has 3 nitrogen and oxygen atoms in total. The van der Waals surface area contributed by atoms with E-state index in [1.165, 1.54) is 17.8 Å². The number of hydrogen-bond donors (Lipinski definition) is 1. The van der Waals surface area contributed by atoms with Crippen molar-refractivity contribution in [2.45, 2.75) is 31.4 Å². The van der Waals surface area contributed by atoms with Gasteiger partial charge in [-0.1, -0.05) is 11.6 Å². The molecule has 1 heterocycles. The normalized spacial score (nSPS) is 26.7. The highest BCUT2D eigenvalue weighted by Crippen LogP contribution is 2.26. The highest BCUT2D eigenvalue weighted by atomic mass is 35.5. The fourth-order valence-corrected chi connectivity index (χ4v) is 2.59. The summed E-state index contributed by atoms with van der Waals surface area (Å²) in [5.41, 5.74) is 0. The molecule has 2 rings (SSSR count). The molecule has 14 heavy (non-hydrogen) atoms. The largest absolute Gasteiger partial charge is 0.379 e. The van der Waals surface area contributed by atoms with Crippen LogP contribution >= 0.6 is 22.9 Å². The van der Waals surface area contributed by atoms with E-state index in [0.29, 0.717) is 16.6 Å². The number of hydrogen-bond acceptors (Lipinski definition) is 4. The third-order valence-electron chi connectivity index (χ3n) is 2.56. The molecule has 0 bridgehead atoms. The predicted octanol–water partition coefficient (Wildman–Crippen LogP) is 2.78. The summed E-state index contributed by atoms with van der Waals surface area (Å²) in [7, 11) is 1.76. The van der Waals surface area contributed by atoms with Crippen molar-refractivity contribution < 1.29 is 4.74 Å². The Bertz CT molecular complexity index is 305. The first-order chi connectivity index (χ1) is 6.79. The van der Waals surface area contributed by atoms with Crippen LogP contribution in [0.1, 0.15) is 19.3 Å². The molecule has 0 aromatic carbocycles. The SMILES string of the molecule is CO[C@@H]1CCC[C@H]1Nc1csc(Cl)n1. The van der Waals surface area contributed by atoms with Gasteiger partial charge in [-0.25, -0.2) is 4.98 Å². The lowest BCUT2D eigenvalue weighted by atomic mass is 10.2. The number of aromatic nitrogens is 1. The summed E-state index contributed by atoms with van der Waals surface area (Å²) in [6.07, 6.45) is 3.81. The number of nitrogens with one attached hydrogen (secondary N) is 1. The van der Waals surface area contributed by atoms with Crippen molar-refractivity contribution in [1.82, 2.24) is 4.98 Å². The van der Waals surface area contributed by atoms with Gasteiger partial charge in [-0.2, -0.15) is 0 Å². The van der Waals surface area contributed by atoms with Crippen molar-refractivity contribution in [2.75, 3.05) is 12.4 Å². The lowest BCUT2D eigenvalue weighted by Gasteiger charge is -2.18. The molecule has 1 aromatic heterocycles. The summed E-state index contributed by atoms with van der Waals surface area (Å²) < 4.78 is 5.97. The molecule has 1 N–H and O–H groups in total. The summed E-state index contributed by atoms with van der Waals surface area (Å²) in [5, 5.41) is 5.29. The maximum Gasteiger partial charge on any atom is 0.185 e. The van der Waals surface area contributed by atoms with Crippen LogP contribution in [0.2, 0.25) is 4.47 Å². The van der Waals surface area contributed by atoms with Gasteiger partial charge in [-0.15, -0.1) is 11.3 Å². The standard InChI is InChI=1S/C9H13ClN2OS/c1-13-7-4-2-3-6(7)11-8-5-14-9(10)12-8/h5-7,11H,2-4H2,1H3/t6-,7-/m1/s1. The highest BCUT2D eigenvalue weighted by Gasteiger charge is 2.27. The van der Waals surface area contributed by atoms with Gasteiger partial charge in [0.15, 0.2) is 4.47 Å². The molecule has 0 radical (unpaired) electrons. The molecule has 1 fully saturated rings. The molecule has 0 saturated heterocycles. The Labute approximate surface area is 92.4 Å². The van der Waals surface area contributed by atoms with Crippen LogP contribution in [0.4, 0.5) is 5.82 Å². The first-order valence-corrected chi connectivity index (χ1v) is 5.95. The van der Waals surface area contributed by atoms with E-state index in [-0.39, 0.29) is 0 Å². The van der Waals surface area contributed by atoms with Crippen LogP contribution in [0, 0.1) is 0 Å². The van der Waals surface area contributed by atoms with Crippen molar-refractivity contribution in [2.24, 2.45) is 0 Å². The first-order valence-electron chi connectivity index (χ1n) is 4.70. The number of nitrogens with zero attached hydrogens (tertiary/aromatic N) is 1.